The molecular weight excluding hydrogens is 508 g/mol. The maximum absolute atomic E-state index is 9.89. The molecular formula is C36H46N2O3. The number of benzene rings is 3. The zero-order chi connectivity index (χ0) is 28.2. The van der Waals surface area contributed by atoms with Gasteiger partial charge in [0.25, 0.3) is 0 Å². The molecule has 41 heavy (non-hydrogen) atoms. The number of anilines is 1. The molecule has 2 atom stereocenters. The molecule has 2 aliphatic heterocycles. The van der Waals surface area contributed by atoms with Gasteiger partial charge >= 0.3 is 0 Å². The molecule has 3 aromatic carbocycles. The van der Waals surface area contributed by atoms with E-state index < -0.39 is 0 Å². The number of ether oxygens (including phenoxy) is 2. The van der Waals surface area contributed by atoms with Gasteiger partial charge in [0.2, 0.25) is 0 Å². The first-order chi connectivity index (χ1) is 20.0. The van der Waals surface area contributed by atoms with Crippen molar-refractivity contribution >= 4 is 5.69 Å². The Kier molecular flexibility index (Phi) is 8.71. The van der Waals surface area contributed by atoms with Crippen LogP contribution in [0, 0.1) is 11.8 Å². The summed E-state index contributed by atoms with van der Waals surface area (Å²) in [6, 6.07) is 21.2. The van der Waals surface area contributed by atoms with Crippen molar-refractivity contribution < 1.29 is 14.6 Å². The van der Waals surface area contributed by atoms with Crippen LogP contribution in [0.3, 0.4) is 0 Å². The molecule has 4 aliphatic rings. The lowest BCUT2D eigenvalue weighted by molar-refractivity contribution is 0.197. The van der Waals surface area contributed by atoms with Crippen molar-refractivity contribution in [3.63, 3.8) is 0 Å². The zero-order valence-electron chi connectivity index (χ0n) is 24.8. The second-order valence-electron chi connectivity index (χ2n) is 12.7. The molecule has 2 heterocycles. The number of nitrogens with zero attached hydrogens (tertiary/aromatic N) is 1. The van der Waals surface area contributed by atoms with Gasteiger partial charge in [-0.2, -0.15) is 0 Å². The molecule has 1 saturated carbocycles. The fourth-order valence-electron chi connectivity index (χ4n) is 7.42. The molecule has 0 aromatic heterocycles. The van der Waals surface area contributed by atoms with Crippen molar-refractivity contribution in [3.05, 3.63) is 82.9 Å². The summed E-state index contributed by atoms with van der Waals surface area (Å²) in [5.41, 5.74) is 6.43. The number of nitrogens with one attached hydrogen (secondary N) is 1. The molecule has 0 radical (unpaired) electrons. The van der Waals surface area contributed by atoms with Gasteiger partial charge < -0.3 is 19.9 Å². The van der Waals surface area contributed by atoms with Crippen LogP contribution < -0.4 is 14.8 Å². The minimum Gasteiger partial charge on any atom is -0.508 e. The van der Waals surface area contributed by atoms with E-state index in [1.165, 1.54) is 61.0 Å². The van der Waals surface area contributed by atoms with Gasteiger partial charge in [-0.05, 0) is 129 Å². The molecule has 2 saturated heterocycles. The topological polar surface area (TPSA) is 54.0 Å². The Morgan fingerprint density at radius 2 is 1.61 bits per heavy atom. The Morgan fingerprint density at radius 3 is 2.34 bits per heavy atom. The van der Waals surface area contributed by atoms with Gasteiger partial charge in [-0.1, -0.05) is 24.3 Å². The Bertz CT molecular complexity index is 1280. The molecule has 2 unspecified atom stereocenters. The highest BCUT2D eigenvalue weighted by molar-refractivity contribution is 5.58. The van der Waals surface area contributed by atoms with E-state index in [9.17, 15) is 5.11 Å². The molecule has 5 nitrogen and oxygen atoms in total. The monoisotopic (exact) mass is 554 g/mol. The number of phenols is 1. The molecule has 0 amide bonds. The third kappa shape index (κ3) is 7.01. The van der Waals surface area contributed by atoms with Gasteiger partial charge in [0.05, 0.1) is 7.11 Å². The summed E-state index contributed by atoms with van der Waals surface area (Å²) in [7, 11) is 1.73. The first kappa shape index (κ1) is 28.0. The summed E-state index contributed by atoms with van der Waals surface area (Å²) >= 11 is 0. The molecule has 2 aliphatic carbocycles. The molecule has 3 aromatic rings. The number of rotatable bonds is 10. The summed E-state index contributed by atoms with van der Waals surface area (Å²) < 4.78 is 11.7. The third-order valence-electron chi connectivity index (χ3n) is 9.66. The molecule has 7 rings (SSSR count). The average Bonchev–Trinajstić information content (AvgIpc) is 3.31. The highest BCUT2D eigenvalue weighted by Gasteiger charge is 2.29. The van der Waals surface area contributed by atoms with E-state index in [-0.39, 0.29) is 6.04 Å². The largest absolute Gasteiger partial charge is 0.508 e. The summed E-state index contributed by atoms with van der Waals surface area (Å²) in [6.07, 6.45) is 9.70. The van der Waals surface area contributed by atoms with Crippen molar-refractivity contribution in [1.82, 2.24) is 4.90 Å². The molecule has 2 bridgehead atoms. The van der Waals surface area contributed by atoms with Crippen LogP contribution in [0.5, 0.6) is 17.2 Å². The summed E-state index contributed by atoms with van der Waals surface area (Å²) in [5.74, 6) is 4.46. The molecule has 3 fully saturated rings. The Labute approximate surface area is 245 Å². The Morgan fingerprint density at radius 1 is 0.878 bits per heavy atom. The predicted molar refractivity (Wildman–Crippen MR) is 166 cm³/mol. The van der Waals surface area contributed by atoms with Gasteiger partial charge in [-0.3, -0.25) is 4.90 Å². The standard InChI is InChI=1S/C36H46N2O3/c1-25(19-26-7-13-33(14-8-26)41-18-17-38-23-27-3-4-28(24-38)6-5-27)37-36-22-34(40-2)15-16-35(36)31-10-9-30-21-32(39)12-11-29(30)20-31/h7-8,11-16,21-22,25,27-28,31,37,39H,3-6,9-10,17-20,23-24H2,1-2H3. The van der Waals surface area contributed by atoms with Crippen LogP contribution in [-0.4, -0.2) is 49.4 Å². The quantitative estimate of drug-likeness (QED) is 0.277. The van der Waals surface area contributed by atoms with E-state index >= 15 is 0 Å². The number of phenolic OH excluding ortho intramolecular Hbond substituents is 1. The number of hydrogen-bond acceptors (Lipinski definition) is 5. The smallest absolute Gasteiger partial charge is 0.120 e. The minimum absolute atomic E-state index is 0.263. The summed E-state index contributed by atoms with van der Waals surface area (Å²) in [5, 5.41) is 13.7. The molecule has 2 N–H and O–H groups in total. The van der Waals surface area contributed by atoms with Gasteiger partial charge in [0.1, 0.15) is 23.9 Å². The fourth-order valence-corrected chi connectivity index (χ4v) is 7.42. The van der Waals surface area contributed by atoms with E-state index in [1.807, 2.05) is 12.1 Å². The molecule has 0 spiro atoms. The van der Waals surface area contributed by atoms with Crippen molar-refractivity contribution in [3.8, 4) is 17.2 Å². The first-order valence-electron chi connectivity index (χ1n) is 15.7. The third-order valence-corrected chi connectivity index (χ3v) is 9.66. The van der Waals surface area contributed by atoms with Crippen LogP contribution in [0.4, 0.5) is 5.69 Å². The van der Waals surface area contributed by atoms with Crippen molar-refractivity contribution in [2.24, 2.45) is 11.8 Å². The Balaban J connectivity index is 1.04. The molecule has 218 valence electrons. The maximum Gasteiger partial charge on any atom is 0.120 e. The maximum atomic E-state index is 9.89. The van der Waals surface area contributed by atoms with E-state index in [1.54, 1.807) is 7.11 Å². The van der Waals surface area contributed by atoms with Crippen LogP contribution >= 0.6 is 0 Å². The lowest BCUT2D eigenvalue weighted by Gasteiger charge is -2.28. The van der Waals surface area contributed by atoms with Gasteiger partial charge in [-0.15, -0.1) is 0 Å². The normalized spacial score (nSPS) is 22.9. The zero-order valence-corrected chi connectivity index (χ0v) is 24.8. The van der Waals surface area contributed by atoms with Crippen LogP contribution in [0.25, 0.3) is 0 Å². The number of fused-ring (bicyclic) bond motifs is 5. The number of aryl methyl sites for hydroxylation is 1. The van der Waals surface area contributed by atoms with E-state index in [0.717, 1.165) is 67.9 Å². The predicted octanol–water partition coefficient (Wildman–Crippen LogP) is 7.22. The summed E-state index contributed by atoms with van der Waals surface area (Å²) in [4.78, 5) is 2.64. The lowest BCUT2D eigenvalue weighted by atomic mass is 9.79. The number of hydrogen-bond donors (Lipinski definition) is 2. The van der Waals surface area contributed by atoms with Gasteiger partial charge in [-0.25, -0.2) is 0 Å². The van der Waals surface area contributed by atoms with Crippen molar-refractivity contribution in [1.29, 1.82) is 0 Å². The highest BCUT2D eigenvalue weighted by atomic mass is 16.5. The van der Waals surface area contributed by atoms with Gasteiger partial charge in [0, 0.05) is 37.4 Å². The average molecular weight is 555 g/mol. The molecule has 5 heteroatoms. The SMILES string of the molecule is COc1ccc(C2CCc3cc(O)ccc3C2)c(NC(C)Cc2ccc(OCCN3CC4CCC(CC4)C3)cc2)c1. The van der Waals surface area contributed by atoms with E-state index in [0.29, 0.717) is 11.7 Å². The van der Waals surface area contributed by atoms with Crippen molar-refractivity contribution in [2.75, 3.05) is 38.7 Å². The van der Waals surface area contributed by atoms with E-state index in [2.05, 4.69) is 65.7 Å². The van der Waals surface area contributed by atoms with Gasteiger partial charge in [0.15, 0.2) is 0 Å². The van der Waals surface area contributed by atoms with Crippen LogP contribution in [0.2, 0.25) is 0 Å². The van der Waals surface area contributed by atoms with E-state index in [4.69, 9.17) is 9.47 Å². The first-order valence-corrected chi connectivity index (χ1v) is 15.7. The minimum atomic E-state index is 0.263. The second kappa shape index (κ2) is 12.8. The fraction of sp³-hybridized carbons (Fsp3) is 0.500. The second-order valence-corrected chi connectivity index (χ2v) is 12.7. The van der Waals surface area contributed by atoms with Crippen LogP contribution in [0.1, 0.15) is 67.2 Å². The van der Waals surface area contributed by atoms with Crippen LogP contribution in [0.15, 0.2) is 60.7 Å². The number of methoxy groups -OCH3 is 1. The van der Waals surface area contributed by atoms with Crippen molar-refractivity contribution in [2.45, 2.75) is 70.3 Å². The van der Waals surface area contributed by atoms with Crippen LogP contribution in [-0.2, 0) is 19.3 Å². The summed E-state index contributed by atoms with van der Waals surface area (Å²) in [6.45, 7) is 6.57. The number of aromatic hydroxyl groups is 1. The highest BCUT2D eigenvalue weighted by Crippen LogP contribution is 2.39. The Hall–Kier alpha value is -3.18. The lowest BCUT2D eigenvalue weighted by Crippen LogP contribution is -2.32.